The van der Waals surface area contributed by atoms with E-state index in [2.05, 4.69) is 6.07 Å². The lowest BCUT2D eigenvalue weighted by molar-refractivity contribution is -0.142. The molecule has 0 saturated heterocycles. The fraction of sp³-hybridized carbons (Fsp3) is 0.526. The van der Waals surface area contributed by atoms with Gasteiger partial charge in [-0.05, 0) is 54.9 Å². The quantitative estimate of drug-likeness (QED) is 0.808. The Hall–Kier alpha value is -2.33. The summed E-state index contributed by atoms with van der Waals surface area (Å²) >= 11 is 0. The molecular weight excluding hydrogens is 342 g/mol. The van der Waals surface area contributed by atoms with Gasteiger partial charge in [-0.2, -0.15) is 5.26 Å². The molecule has 5 unspecified atom stereocenters. The monoisotopic (exact) mass is 362 g/mol. The topological polar surface area (TPSA) is 104 Å². The van der Waals surface area contributed by atoms with Crippen molar-refractivity contribution in [2.75, 3.05) is 6.54 Å². The van der Waals surface area contributed by atoms with E-state index >= 15 is 0 Å². The zero-order chi connectivity index (χ0) is 19.3. The number of fused-ring (bicyclic) bond motifs is 1. The Bertz CT molecular complexity index is 821. The number of hydrogen-bond donors (Lipinski definition) is 2. The molecule has 5 nitrogen and oxygen atoms in total. The first-order chi connectivity index (χ1) is 12.3. The van der Waals surface area contributed by atoms with Crippen molar-refractivity contribution >= 4 is 11.8 Å². The summed E-state index contributed by atoms with van der Waals surface area (Å²) in [6, 6.07) is 5.16. The molecule has 138 valence electrons. The zero-order valence-electron chi connectivity index (χ0n) is 14.3. The highest BCUT2D eigenvalue weighted by Gasteiger charge is 2.83. The predicted octanol–water partition coefficient (Wildman–Crippen LogP) is 2.29. The molecule has 0 heterocycles. The van der Waals surface area contributed by atoms with E-state index in [1.165, 1.54) is 0 Å². The molecule has 2 aliphatic rings. The van der Waals surface area contributed by atoms with Crippen LogP contribution in [0.5, 0.6) is 0 Å². The van der Waals surface area contributed by atoms with Crippen molar-refractivity contribution in [3.63, 3.8) is 0 Å². The summed E-state index contributed by atoms with van der Waals surface area (Å²) < 4.78 is 27.6. The Morgan fingerprint density at radius 3 is 2.65 bits per heavy atom. The van der Waals surface area contributed by atoms with E-state index in [0.717, 1.165) is 18.2 Å². The van der Waals surface area contributed by atoms with Crippen molar-refractivity contribution in [3.8, 4) is 6.07 Å². The smallest absolute Gasteiger partial charge is 0.307 e. The Morgan fingerprint density at radius 2 is 2.12 bits per heavy atom. The Balaban J connectivity index is 2.07. The highest BCUT2D eigenvalue weighted by Crippen LogP contribution is 2.79. The maximum absolute atomic E-state index is 14.1. The molecule has 0 radical (unpaired) electrons. The summed E-state index contributed by atoms with van der Waals surface area (Å²) in [7, 11) is 0. The van der Waals surface area contributed by atoms with Crippen LogP contribution < -0.4 is 5.73 Å². The molecule has 1 aromatic carbocycles. The van der Waals surface area contributed by atoms with Crippen molar-refractivity contribution in [1.82, 2.24) is 0 Å². The molecule has 26 heavy (non-hydrogen) atoms. The number of ketones is 1. The van der Waals surface area contributed by atoms with Gasteiger partial charge in [-0.1, -0.05) is 6.92 Å². The number of carbonyl (C=O) groups is 2. The molecule has 2 fully saturated rings. The highest BCUT2D eigenvalue weighted by atomic mass is 19.1. The van der Waals surface area contributed by atoms with Gasteiger partial charge in [-0.3, -0.25) is 9.59 Å². The highest BCUT2D eigenvalue weighted by molar-refractivity contribution is 5.94. The molecule has 3 N–H and O–H groups in total. The summed E-state index contributed by atoms with van der Waals surface area (Å²) in [6.07, 6.45) is 0.642. The van der Waals surface area contributed by atoms with Crippen LogP contribution >= 0.6 is 0 Å². The number of nitrogens with zero attached hydrogens (tertiary/aromatic N) is 1. The number of aliphatic carboxylic acids is 1. The van der Waals surface area contributed by atoms with Crippen LogP contribution in [0.1, 0.15) is 25.3 Å². The second-order valence-electron chi connectivity index (χ2n) is 7.24. The van der Waals surface area contributed by atoms with E-state index in [9.17, 15) is 28.7 Å². The lowest BCUT2D eigenvalue weighted by Crippen LogP contribution is -2.48. The van der Waals surface area contributed by atoms with Crippen molar-refractivity contribution in [3.05, 3.63) is 35.4 Å². The van der Waals surface area contributed by atoms with Crippen LogP contribution in [0.2, 0.25) is 0 Å². The van der Waals surface area contributed by atoms with E-state index in [1.54, 1.807) is 6.92 Å². The molecule has 2 saturated carbocycles. The molecule has 0 aromatic heterocycles. The van der Waals surface area contributed by atoms with Crippen LogP contribution in [0.25, 0.3) is 0 Å². The minimum Gasteiger partial charge on any atom is -0.481 e. The minimum absolute atomic E-state index is 0.00647. The predicted molar refractivity (Wildman–Crippen MR) is 87.6 cm³/mol. The second-order valence-corrected chi connectivity index (χ2v) is 7.24. The maximum atomic E-state index is 14.1. The molecule has 0 aliphatic heterocycles. The van der Waals surface area contributed by atoms with E-state index in [1.807, 2.05) is 0 Å². The molecule has 2 aliphatic carbocycles. The van der Waals surface area contributed by atoms with Gasteiger partial charge in [0.25, 0.3) is 0 Å². The minimum atomic E-state index is -1.59. The number of carboxylic acid groups (broad SMARTS) is 1. The van der Waals surface area contributed by atoms with Gasteiger partial charge >= 0.3 is 5.97 Å². The Labute approximate surface area is 149 Å². The van der Waals surface area contributed by atoms with Gasteiger partial charge in [0, 0.05) is 5.41 Å². The standard InChI is InChI=1S/C19H20F2N2O3/c1-2-18-13(16(18)17(25)26)7-11(19(18,9-23)15(24)8-22)5-10-6-12(20)3-4-14(10)21/h3-4,6,11,13,16H,2,5,7-8,22H2,1H3,(H,25,26). The molecule has 7 heteroatoms. The molecule has 3 rings (SSSR count). The van der Waals surface area contributed by atoms with E-state index in [4.69, 9.17) is 5.73 Å². The largest absolute Gasteiger partial charge is 0.481 e. The third-order valence-electron chi connectivity index (χ3n) is 6.52. The summed E-state index contributed by atoms with van der Waals surface area (Å²) in [5.74, 6) is -4.48. The van der Waals surface area contributed by atoms with Gasteiger partial charge in [0.15, 0.2) is 5.78 Å². The first kappa shape index (κ1) is 18.5. The fourth-order valence-corrected chi connectivity index (χ4v) is 5.53. The normalized spacial score (nSPS) is 34.8. The number of carboxylic acids is 1. The van der Waals surface area contributed by atoms with Crippen LogP contribution in [-0.4, -0.2) is 23.4 Å². The molecule has 0 spiro atoms. The third-order valence-corrected chi connectivity index (χ3v) is 6.52. The third kappa shape index (κ3) is 2.15. The van der Waals surface area contributed by atoms with Gasteiger partial charge in [0.1, 0.15) is 17.0 Å². The maximum Gasteiger partial charge on any atom is 0.307 e. The molecular formula is C19H20F2N2O3. The van der Waals surface area contributed by atoms with Gasteiger partial charge in [-0.15, -0.1) is 0 Å². The molecule has 5 atom stereocenters. The number of Topliss-reactive ketones (excluding diaryl/α,β-unsaturated/α-hetero) is 1. The van der Waals surface area contributed by atoms with E-state index < -0.39 is 52.6 Å². The number of nitriles is 1. The summed E-state index contributed by atoms with van der Waals surface area (Å²) in [5, 5.41) is 19.5. The van der Waals surface area contributed by atoms with Gasteiger partial charge in [0.05, 0.1) is 18.5 Å². The first-order valence-electron chi connectivity index (χ1n) is 8.61. The van der Waals surface area contributed by atoms with Crippen LogP contribution in [0.3, 0.4) is 0 Å². The number of benzene rings is 1. The summed E-state index contributed by atoms with van der Waals surface area (Å²) in [6.45, 7) is 1.37. The number of carbonyl (C=O) groups excluding carboxylic acids is 1. The van der Waals surface area contributed by atoms with Crippen molar-refractivity contribution in [1.29, 1.82) is 5.26 Å². The van der Waals surface area contributed by atoms with Crippen molar-refractivity contribution < 1.29 is 23.5 Å². The van der Waals surface area contributed by atoms with E-state index in [-0.39, 0.29) is 17.9 Å². The van der Waals surface area contributed by atoms with Crippen molar-refractivity contribution in [2.24, 2.45) is 34.3 Å². The summed E-state index contributed by atoms with van der Waals surface area (Å²) in [4.78, 5) is 24.4. The van der Waals surface area contributed by atoms with Gasteiger partial charge < -0.3 is 10.8 Å². The SMILES string of the molecule is CCC12C(CC(Cc3cc(F)ccc3F)C1(C#N)C(=O)CN)C2C(=O)O. The second kappa shape index (κ2) is 6.13. The molecule has 0 amide bonds. The number of hydrogen-bond acceptors (Lipinski definition) is 4. The Morgan fingerprint density at radius 1 is 1.42 bits per heavy atom. The van der Waals surface area contributed by atoms with Gasteiger partial charge in [0.2, 0.25) is 0 Å². The average Bonchev–Trinajstić information content (AvgIpc) is 3.19. The number of halogens is 2. The first-order valence-corrected chi connectivity index (χ1v) is 8.61. The van der Waals surface area contributed by atoms with Crippen LogP contribution in [-0.2, 0) is 16.0 Å². The lowest BCUT2D eigenvalue weighted by atomic mass is 9.61. The Kier molecular flexibility index (Phi) is 4.35. The zero-order valence-corrected chi connectivity index (χ0v) is 14.3. The van der Waals surface area contributed by atoms with Gasteiger partial charge in [-0.25, -0.2) is 8.78 Å². The fourth-order valence-electron chi connectivity index (χ4n) is 5.53. The number of nitrogens with two attached hydrogens (primary N) is 1. The average molecular weight is 362 g/mol. The molecule has 0 bridgehead atoms. The lowest BCUT2D eigenvalue weighted by Gasteiger charge is -2.37. The summed E-state index contributed by atoms with van der Waals surface area (Å²) in [5.41, 5.74) is 3.06. The molecule has 1 aromatic rings. The van der Waals surface area contributed by atoms with Crippen LogP contribution in [0, 0.1) is 51.5 Å². The van der Waals surface area contributed by atoms with E-state index in [0.29, 0.717) is 12.8 Å². The van der Waals surface area contributed by atoms with Crippen LogP contribution in [0.15, 0.2) is 18.2 Å². The van der Waals surface area contributed by atoms with Crippen LogP contribution in [0.4, 0.5) is 8.78 Å². The van der Waals surface area contributed by atoms with Crippen molar-refractivity contribution in [2.45, 2.75) is 26.2 Å². The number of rotatable bonds is 6.